The minimum atomic E-state index is -2.13. The van der Waals surface area contributed by atoms with Crippen molar-refractivity contribution in [3.8, 4) is 0 Å². The molecule has 1 heterocycles. The van der Waals surface area contributed by atoms with Crippen LogP contribution >= 0.6 is 0 Å². The summed E-state index contributed by atoms with van der Waals surface area (Å²) in [5.74, 6) is 0. The highest BCUT2D eigenvalue weighted by molar-refractivity contribution is 6.75. The van der Waals surface area contributed by atoms with E-state index in [2.05, 4.69) is 102 Å². The van der Waals surface area contributed by atoms with Crippen LogP contribution in [0.4, 0.5) is 0 Å². The number of aliphatic hydroxyl groups is 1. The summed E-state index contributed by atoms with van der Waals surface area (Å²) in [5, 5.41) is 11.1. The van der Waals surface area contributed by atoms with Crippen molar-refractivity contribution in [1.82, 2.24) is 0 Å². The van der Waals surface area contributed by atoms with Crippen LogP contribution in [0.1, 0.15) is 62.3 Å². The molecule has 8 heteroatoms. The van der Waals surface area contributed by atoms with Gasteiger partial charge >= 0.3 is 0 Å². The van der Waals surface area contributed by atoms with E-state index >= 15 is 0 Å². The van der Waals surface area contributed by atoms with Crippen molar-refractivity contribution >= 4 is 25.0 Å². The van der Waals surface area contributed by atoms with Gasteiger partial charge in [0.1, 0.15) is 18.3 Å². The van der Waals surface area contributed by atoms with Crippen LogP contribution in [0.3, 0.4) is 0 Å². The molecule has 0 radical (unpaired) electrons. The summed E-state index contributed by atoms with van der Waals surface area (Å²) >= 11 is 0. The van der Waals surface area contributed by atoms with E-state index in [4.69, 9.17) is 18.0 Å². The van der Waals surface area contributed by atoms with Gasteiger partial charge in [0.15, 0.2) is 31.2 Å². The van der Waals surface area contributed by atoms with E-state index in [0.717, 1.165) is 0 Å². The first-order valence-corrected chi connectivity index (χ1v) is 20.5. The number of hydrogen-bond acceptors (Lipinski definition) is 5. The van der Waals surface area contributed by atoms with Gasteiger partial charge in [-0.15, -0.1) is 0 Å². The second-order valence-corrected chi connectivity index (χ2v) is 28.1. The van der Waals surface area contributed by atoms with E-state index in [9.17, 15) is 5.11 Å². The topological polar surface area (TPSA) is 57.2 Å². The predicted molar refractivity (Wildman–Crippen MR) is 138 cm³/mol. The van der Waals surface area contributed by atoms with Gasteiger partial charge in [-0.3, -0.25) is 0 Å². The largest absolute Gasteiger partial charge is 0.414 e. The van der Waals surface area contributed by atoms with Crippen LogP contribution in [0, 0.1) is 0 Å². The molecule has 0 aliphatic carbocycles. The van der Waals surface area contributed by atoms with Crippen LogP contribution in [0.2, 0.25) is 54.4 Å². The molecule has 0 unspecified atom stereocenters. The molecule has 0 amide bonds. The van der Waals surface area contributed by atoms with Crippen LogP contribution in [0.5, 0.6) is 0 Å². The molecule has 0 spiro atoms. The third-order valence-electron chi connectivity index (χ3n) is 8.17. The van der Waals surface area contributed by atoms with Crippen molar-refractivity contribution < 1.29 is 23.1 Å². The van der Waals surface area contributed by atoms with E-state index in [1.165, 1.54) is 0 Å². The second-order valence-electron chi connectivity index (χ2n) is 13.8. The maximum Gasteiger partial charge on any atom is 0.192 e. The smallest absolute Gasteiger partial charge is 0.192 e. The lowest BCUT2D eigenvalue weighted by Gasteiger charge is -2.44. The monoisotopic (exact) mass is 492 g/mol. The predicted octanol–water partition coefficient (Wildman–Crippen LogP) is 6.51. The van der Waals surface area contributed by atoms with Gasteiger partial charge in [-0.2, -0.15) is 0 Å². The summed E-state index contributed by atoms with van der Waals surface area (Å²) in [6, 6.07) is 0. The zero-order chi connectivity index (χ0) is 24.8. The van der Waals surface area contributed by atoms with E-state index < -0.39 is 37.3 Å². The Balaban J connectivity index is 3.22. The zero-order valence-corrected chi connectivity index (χ0v) is 26.1. The highest BCUT2D eigenvalue weighted by atomic mass is 28.4. The molecular formula is C23H52O5Si3. The molecule has 1 rings (SSSR count). The average Bonchev–Trinajstić information content (AvgIpc) is 2.77. The SMILES string of the molecule is CC(C)(C)[Si](C)(C)OC[C@H]1O[C@@H](O)[C@@H](O[Si](C)(C)C(C)(C)C)[C@@H]1O[Si](C)(C)C(C)(C)C. The first-order valence-electron chi connectivity index (χ1n) is 11.8. The Kier molecular flexibility index (Phi) is 8.79. The van der Waals surface area contributed by atoms with Crippen molar-refractivity contribution in [3.63, 3.8) is 0 Å². The van der Waals surface area contributed by atoms with E-state index in [1.54, 1.807) is 0 Å². The molecule has 1 saturated heterocycles. The first-order chi connectivity index (χ1) is 13.4. The molecule has 1 aliphatic heterocycles. The van der Waals surface area contributed by atoms with Gasteiger partial charge in [-0.05, 0) is 54.4 Å². The summed E-state index contributed by atoms with van der Waals surface area (Å²) in [6.07, 6.45) is -2.18. The Bertz CT molecular complexity index is 600. The Labute approximate surface area is 196 Å². The molecule has 0 bridgehead atoms. The van der Waals surface area contributed by atoms with E-state index in [1.807, 2.05) is 0 Å². The maximum atomic E-state index is 10.9. The average molecular weight is 493 g/mol. The molecule has 31 heavy (non-hydrogen) atoms. The fourth-order valence-electron chi connectivity index (χ4n) is 2.65. The minimum Gasteiger partial charge on any atom is -0.414 e. The fraction of sp³-hybridized carbons (Fsp3) is 1.00. The van der Waals surface area contributed by atoms with Gasteiger partial charge < -0.3 is 23.1 Å². The molecule has 0 aromatic carbocycles. The van der Waals surface area contributed by atoms with Crippen LogP contribution in [-0.2, 0) is 18.0 Å². The Hall–Kier alpha value is 0.451. The number of aliphatic hydroxyl groups excluding tert-OH is 1. The van der Waals surface area contributed by atoms with Gasteiger partial charge in [-0.25, -0.2) is 0 Å². The molecular weight excluding hydrogens is 441 g/mol. The van der Waals surface area contributed by atoms with Crippen LogP contribution in [-0.4, -0.2) is 61.3 Å². The van der Waals surface area contributed by atoms with Crippen molar-refractivity contribution in [3.05, 3.63) is 0 Å². The van der Waals surface area contributed by atoms with Crippen LogP contribution in [0.15, 0.2) is 0 Å². The van der Waals surface area contributed by atoms with E-state index in [-0.39, 0.29) is 27.3 Å². The summed E-state index contributed by atoms with van der Waals surface area (Å²) in [6.45, 7) is 33.8. The van der Waals surface area contributed by atoms with Crippen LogP contribution in [0.25, 0.3) is 0 Å². The van der Waals surface area contributed by atoms with Gasteiger partial charge in [0.25, 0.3) is 0 Å². The molecule has 1 N–H and O–H groups in total. The molecule has 5 nitrogen and oxygen atoms in total. The third kappa shape index (κ3) is 6.97. The lowest BCUT2D eigenvalue weighted by molar-refractivity contribution is -0.129. The Morgan fingerprint density at radius 3 is 1.35 bits per heavy atom. The molecule has 0 aromatic rings. The quantitative estimate of drug-likeness (QED) is 0.411. The Morgan fingerprint density at radius 1 is 0.645 bits per heavy atom. The van der Waals surface area contributed by atoms with Crippen molar-refractivity contribution in [2.75, 3.05) is 6.61 Å². The molecule has 1 fully saturated rings. The first kappa shape index (κ1) is 29.5. The molecule has 1 aliphatic rings. The van der Waals surface area contributed by atoms with Gasteiger partial charge in [-0.1, -0.05) is 62.3 Å². The molecule has 0 aromatic heterocycles. The van der Waals surface area contributed by atoms with Crippen LogP contribution < -0.4 is 0 Å². The maximum absolute atomic E-state index is 10.9. The second kappa shape index (κ2) is 9.24. The summed E-state index contributed by atoms with van der Waals surface area (Å²) < 4.78 is 26.1. The highest BCUT2D eigenvalue weighted by Crippen LogP contribution is 2.44. The minimum absolute atomic E-state index is 0.0317. The van der Waals surface area contributed by atoms with Gasteiger partial charge in [0.05, 0.1) is 6.61 Å². The van der Waals surface area contributed by atoms with Gasteiger partial charge in [0, 0.05) is 0 Å². The number of hydrogen-bond donors (Lipinski definition) is 1. The normalized spacial score (nSPS) is 27.1. The van der Waals surface area contributed by atoms with Crippen molar-refractivity contribution in [2.45, 2.75) is 141 Å². The molecule has 186 valence electrons. The van der Waals surface area contributed by atoms with E-state index in [0.29, 0.717) is 6.61 Å². The standard InChI is InChI=1S/C23H52O5Si3/c1-21(2,3)29(10,11)25-16-17-18(27-30(12,13)22(4,5)6)19(20(24)26-17)28-31(14,15)23(7,8)9/h17-20,24H,16H2,1-15H3/t17-,18-,19+,20-/m1/s1. The summed E-state index contributed by atoms with van der Waals surface area (Å²) in [7, 11) is -6.20. The third-order valence-corrected chi connectivity index (χ3v) is 21.6. The lowest BCUT2D eigenvalue weighted by Crippen LogP contribution is -2.55. The number of ether oxygens (including phenoxy) is 1. The number of rotatable bonds is 7. The van der Waals surface area contributed by atoms with Crippen molar-refractivity contribution in [2.24, 2.45) is 0 Å². The summed E-state index contributed by atoms with van der Waals surface area (Å²) in [5.41, 5.74) is 0. The molecule has 0 saturated carbocycles. The lowest BCUT2D eigenvalue weighted by atomic mass is 10.1. The Morgan fingerprint density at radius 2 is 1.00 bits per heavy atom. The molecule has 4 atom stereocenters. The summed E-state index contributed by atoms with van der Waals surface area (Å²) in [4.78, 5) is 0. The van der Waals surface area contributed by atoms with Gasteiger partial charge in [0.2, 0.25) is 0 Å². The highest BCUT2D eigenvalue weighted by Gasteiger charge is 2.54. The fourth-order valence-corrected chi connectivity index (χ4v) is 6.27. The van der Waals surface area contributed by atoms with Crippen molar-refractivity contribution in [1.29, 1.82) is 0 Å². The zero-order valence-electron chi connectivity index (χ0n) is 23.1.